The summed E-state index contributed by atoms with van der Waals surface area (Å²) >= 11 is 1.73. The van der Waals surface area contributed by atoms with Crippen molar-refractivity contribution in [2.75, 3.05) is 45.9 Å². The molecule has 6 nitrogen and oxygen atoms in total. The molecule has 0 radical (unpaired) electrons. The van der Waals surface area contributed by atoms with E-state index in [-0.39, 0.29) is 18.4 Å². The largest absolute Gasteiger partial charge is 0.379 e. The van der Waals surface area contributed by atoms with Crippen LogP contribution < -0.4 is 0 Å². The van der Waals surface area contributed by atoms with Gasteiger partial charge in [0.2, 0.25) is 11.8 Å². The summed E-state index contributed by atoms with van der Waals surface area (Å²) < 4.78 is 5.48. The molecule has 2 heterocycles. The lowest BCUT2D eigenvalue weighted by Gasteiger charge is -2.31. The van der Waals surface area contributed by atoms with E-state index in [0.717, 1.165) is 44.8 Å². The summed E-state index contributed by atoms with van der Waals surface area (Å²) in [6.07, 6.45) is 6.55. The number of aryl methyl sites for hydroxylation is 1. The van der Waals surface area contributed by atoms with Crippen LogP contribution in [-0.4, -0.2) is 72.5 Å². The van der Waals surface area contributed by atoms with Gasteiger partial charge in [0, 0.05) is 48.9 Å². The van der Waals surface area contributed by atoms with E-state index in [0.29, 0.717) is 32.0 Å². The Morgan fingerprint density at radius 3 is 2.42 bits per heavy atom. The van der Waals surface area contributed by atoms with Crippen molar-refractivity contribution in [3.8, 4) is 0 Å². The van der Waals surface area contributed by atoms with E-state index >= 15 is 0 Å². The van der Waals surface area contributed by atoms with Crippen LogP contribution in [0.2, 0.25) is 0 Å². The molecular weight excluding hydrogens is 470 g/mol. The predicted molar refractivity (Wildman–Crippen MR) is 145 cm³/mol. The van der Waals surface area contributed by atoms with Gasteiger partial charge in [0.1, 0.15) is 0 Å². The molecule has 1 aliphatic carbocycles. The van der Waals surface area contributed by atoms with E-state index in [2.05, 4.69) is 36.1 Å². The van der Waals surface area contributed by atoms with Crippen LogP contribution in [-0.2, 0) is 27.4 Å². The third kappa shape index (κ3) is 8.43. The van der Waals surface area contributed by atoms with Crippen molar-refractivity contribution in [3.05, 3.63) is 57.8 Å². The van der Waals surface area contributed by atoms with E-state index in [4.69, 9.17) is 4.74 Å². The molecule has 1 aromatic heterocycles. The zero-order chi connectivity index (χ0) is 25.2. The normalized spacial score (nSPS) is 16.8. The van der Waals surface area contributed by atoms with Crippen LogP contribution in [0.15, 0.2) is 42.5 Å². The predicted octanol–water partition coefficient (Wildman–Crippen LogP) is 4.72. The number of rotatable bonds is 12. The molecule has 4 rings (SSSR count). The molecule has 2 aliphatic rings. The van der Waals surface area contributed by atoms with Gasteiger partial charge in [-0.2, -0.15) is 0 Å². The third-order valence-electron chi connectivity index (χ3n) is 7.42. The fourth-order valence-electron chi connectivity index (χ4n) is 5.22. The molecule has 0 bridgehead atoms. The van der Waals surface area contributed by atoms with E-state index in [1.165, 1.54) is 35.4 Å². The summed E-state index contributed by atoms with van der Waals surface area (Å²) in [7, 11) is 0. The molecule has 1 saturated heterocycles. The Morgan fingerprint density at radius 2 is 1.72 bits per heavy atom. The molecule has 0 atom stereocenters. The first-order valence-electron chi connectivity index (χ1n) is 13.5. The van der Waals surface area contributed by atoms with E-state index in [1.54, 1.807) is 11.3 Å². The van der Waals surface area contributed by atoms with Crippen molar-refractivity contribution in [2.45, 2.75) is 58.5 Å². The molecule has 0 spiro atoms. The number of carbonyl (C=O) groups excluding carboxylic acids is 2. The average molecular weight is 512 g/mol. The van der Waals surface area contributed by atoms with Crippen molar-refractivity contribution < 1.29 is 14.3 Å². The molecule has 1 aliphatic heterocycles. The zero-order valence-corrected chi connectivity index (χ0v) is 22.5. The van der Waals surface area contributed by atoms with Crippen LogP contribution >= 0.6 is 11.3 Å². The smallest absolute Gasteiger partial charge is 0.242 e. The molecule has 1 saturated carbocycles. The van der Waals surface area contributed by atoms with Gasteiger partial charge in [-0.3, -0.25) is 14.5 Å². The van der Waals surface area contributed by atoms with Crippen LogP contribution in [0.3, 0.4) is 0 Å². The fourth-order valence-corrected chi connectivity index (χ4v) is 6.13. The van der Waals surface area contributed by atoms with Crippen LogP contribution in [0.1, 0.15) is 53.8 Å². The molecule has 0 unspecified atom stereocenters. The molecular formula is C29H41N3O3S. The van der Waals surface area contributed by atoms with E-state index in [9.17, 15) is 9.59 Å². The second-order valence-electron chi connectivity index (χ2n) is 10.2. The number of hydrogen-bond acceptors (Lipinski definition) is 5. The Morgan fingerprint density at radius 1 is 0.972 bits per heavy atom. The number of morpholine rings is 1. The molecule has 0 N–H and O–H groups in total. The lowest BCUT2D eigenvalue weighted by atomic mass is 10.0. The Hall–Kier alpha value is -2.22. The van der Waals surface area contributed by atoms with E-state index < -0.39 is 0 Å². The maximum Gasteiger partial charge on any atom is 0.242 e. The van der Waals surface area contributed by atoms with Crippen LogP contribution in [0, 0.1) is 12.8 Å². The molecule has 2 fully saturated rings. The Labute approximate surface area is 220 Å². The number of thiophene rings is 1. The highest BCUT2D eigenvalue weighted by Gasteiger charge is 2.24. The van der Waals surface area contributed by atoms with Crippen LogP contribution in [0.4, 0.5) is 0 Å². The van der Waals surface area contributed by atoms with Gasteiger partial charge in [0.05, 0.1) is 26.3 Å². The minimum absolute atomic E-state index is 0.0149. The highest BCUT2D eigenvalue weighted by atomic mass is 32.1. The van der Waals surface area contributed by atoms with Crippen molar-refractivity contribution in [1.29, 1.82) is 0 Å². The van der Waals surface area contributed by atoms with Gasteiger partial charge < -0.3 is 14.5 Å². The van der Waals surface area contributed by atoms with Gasteiger partial charge in [-0.25, -0.2) is 0 Å². The summed E-state index contributed by atoms with van der Waals surface area (Å²) in [5, 5.41) is 0. The highest BCUT2D eigenvalue weighted by Crippen LogP contribution is 2.28. The lowest BCUT2D eigenvalue weighted by molar-refractivity contribution is -0.141. The Balaban J connectivity index is 1.43. The molecule has 36 heavy (non-hydrogen) atoms. The molecule has 1 aromatic carbocycles. The number of carbonyl (C=O) groups is 2. The quantitative estimate of drug-likeness (QED) is 0.414. The van der Waals surface area contributed by atoms with Crippen LogP contribution in [0.25, 0.3) is 0 Å². The van der Waals surface area contributed by atoms with Gasteiger partial charge in [-0.05, 0) is 37.0 Å². The Kier molecular flexibility index (Phi) is 10.4. The van der Waals surface area contributed by atoms with Gasteiger partial charge in [-0.15, -0.1) is 11.3 Å². The highest BCUT2D eigenvalue weighted by molar-refractivity contribution is 7.11. The van der Waals surface area contributed by atoms with Gasteiger partial charge >= 0.3 is 0 Å². The molecule has 196 valence electrons. The lowest BCUT2D eigenvalue weighted by Crippen LogP contribution is -2.47. The number of benzene rings is 1. The summed E-state index contributed by atoms with van der Waals surface area (Å²) in [6, 6.07) is 14.3. The maximum absolute atomic E-state index is 13.7. The number of hydrogen-bond donors (Lipinski definition) is 0. The minimum Gasteiger partial charge on any atom is -0.379 e. The third-order valence-corrected chi connectivity index (χ3v) is 8.41. The van der Waals surface area contributed by atoms with Crippen molar-refractivity contribution in [2.24, 2.45) is 5.92 Å². The summed E-state index contributed by atoms with van der Waals surface area (Å²) in [6.45, 7) is 7.97. The van der Waals surface area contributed by atoms with E-state index in [1.807, 2.05) is 28.0 Å². The van der Waals surface area contributed by atoms with Crippen molar-refractivity contribution >= 4 is 23.2 Å². The number of nitrogens with zero attached hydrogens (tertiary/aromatic N) is 3. The topological polar surface area (TPSA) is 53.1 Å². The van der Waals surface area contributed by atoms with Gasteiger partial charge in [-0.1, -0.05) is 56.0 Å². The van der Waals surface area contributed by atoms with Gasteiger partial charge in [0.15, 0.2) is 0 Å². The maximum atomic E-state index is 13.7. The monoisotopic (exact) mass is 511 g/mol. The second kappa shape index (κ2) is 13.9. The average Bonchev–Trinajstić information content (AvgIpc) is 3.57. The SMILES string of the molecule is Cc1ccc(CN(Cc2ccccc2)C(=O)CN(CCN2CCOCC2)C(=O)CCC2CCCC2)s1. The minimum atomic E-state index is 0.0149. The van der Waals surface area contributed by atoms with Gasteiger partial charge in [0.25, 0.3) is 0 Å². The Bertz CT molecular complexity index is 952. The number of amides is 2. The molecule has 2 amide bonds. The number of ether oxygens (including phenoxy) is 1. The fraction of sp³-hybridized carbons (Fsp3) is 0.586. The van der Waals surface area contributed by atoms with Crippen molar-refractivity contribution in [3.63, 3.8) is 0 Å². The van der Waals surface area contributed by atoms with Crippen molar-refractivity contribution in [1.82, 2.24) is 14.7 Å². The first-order valence-corrected chi connectivity index (χ1v) is 14.3. The molecule has 7 heteroatoms. The standard InChI is InChI=1S/C29H41N3O3S/c1-24-11-13-27(36-24)22-32(21-26-9-3-2-4-10-26)29(34)23-31(16-15-30-17-19-35-20-18-30)28(33)14-12-25-7-5-6-8-25/h2-4,9-11,13,25H,5-8,12,14-23H2,1H3. The first kappa shape index (κ1) is 26.8. The summed E-state index contributed by atoms with van der Waals surface area (Å²) in [4.78, 5) is 35.5. The summed E-state index contributed by atoms with van der Waals surface area (Å²) in [5.74, 6) is 0.804. The zero-order valence-electron chi connectivity index (χ0n) is 21.7. The van der Waals surface area contributed by atoms with Crippen LogP contribution in [0.5, 0.6) is 0 Å². The first-order chi connectivity index (χ1) is 17.6. The summed E-state index contributed by atoms with van der Waals surface area (Å²) in [5.41, 5.74) is 1.10. The molecule has 2 aromatic rings. The second-order valence-corrected chi connectivity index (χ2v) is 11.6.